The fourth-order valence-electron chi connectivity index (χ4n) is 1.97. The second kappa shape index (κ2) is 6.69. The zero-order chi connectivity index (χ0) is 16.2. The van der Waals surface area contributed by atoms with E-state index in [9.17, 15) is 0 Å². The van der Waals surface area contributed by atoms with Gasteiger partial charge in [0.1, 0.15) is 5.75 Å². The van der Waals surface area contributed by atoms with Crippen LogP contribution in [0.5, 0.6) is 5.75 Å². The summed E-state index contributed by atoms with van der Waals surface area (Å²) in [7, 11) is 1.64. The highest BCUT2D eigenvalue weighted by molar-refractivity contribution is 7.98. The number of hydrogen-bond donors (Lipinski definition) is 1. The lowest BCUT2D eigenvalue weighted by atomic mass is 10.1. The van der Waals surface area contributed by atoms with E-state index in [4.69, 9.17) is 15.0 Å². The first-order valence-corrected chi connectivity index (χ1v) is 7.88. The van der Waals surface area contributed by atoms with E-state index in [0.29, 0.717) is 34.9 Å². The van der Waals surface area contributed by atoms with E-state index < -0.39 is 0 Å². The molecule has 0 aliphatic rings. The van der Waals surface area contributed by atoms with Crippen molar-refractivity contribution in [2.45, 2.75) is 24.3 Å². The molecular weight excluding hydrogens is 316 g/mol. The first-order valence-electron chi connectivity index (χ1n) is 6.90. The lowest BCUT2D eigenvalue weighted by Crippen LogP contribution is -2.14. The van der Waals surface area contributed by atoms with Crippen LogP contribution in [-0.4, -0.2) is 32.2 Å². The standard InChI is InChI=1S/C14H16N6O2S/c1-9-16-18-13(22-9)8-23-14-19-17-12(20(14)15)7-10-3-5-11(21-2)6-4-10/h3-6H,7-8,15H2,1-2H3. The van der Waals surface area contributed by atoms with Crippen molar-refractivity contribution in [2.75, 3.05) is 13.0 Å². The van der Waals surface area contributed by atoms with Crippen molar-refractivity contribution in [3.05, 3.63) is 47.4 Å². The summed E-state index contributed by atoms with van der Waals surface area (Å²) in [6, 6.07) is 7.75. The molecule has 23 heavy (non-hydrogen) atoms. The average molecular weight is 332 g/mol. The third kappa shape index (κ3) is 3.62. The van der Waals surface area contributed by atoms with Gasteiger partial charge < -0.3 is 15.0 Å². The molecule has 9 heteroatoms. The zero-order valence-electron chi connectivity index (χ0n) is 12.8. The second-order valence-corrected chi connectivity index (χ2v) is 5.74. The molecule has 120 valence electrons. The zero-order valence-corrected chi connectivity index (χ0v) is 13.6. The van der Waals surface area contributed by atoms with Crippen LogP contribution < -0.4 is 10.6 Å². The molecule has 1 aromatic carbocycles. The summed E-state index contributed by atoms with van der Waals surface area (Å²) in [5.74, 6) is 9.12. The third-order valence-electron chi connectivity index (χ3n) is 3.15. The Balaban J connectivity index is 1.66. The summed E-state index contributed by atoms with van der Waals surface area (Å²) in [5.41, 5.74) is 1.08. The van der Waals surface area contributed by atoms with Crippen molar-refractivity contribution >= 4 is 11.8 Å². The average Bonchev–Trinajstić information content (AvgIpc) is 3.13. The molecule has 3 rings (SSSR count). The quantitative estimate of drug-likeness (QED) is 0.536. The summed E-state index contributed by atoms with van der Waals surface area (Å²) in [4.78, 5) is 0. The summed E-state index contributed by atoms with van der Waals surface area (Å²) in [6.07, 6.45) is 0.591. The van der Waals surface area contributed by atoms with E-state index in [-0.39, 0.29) is 0 Å². The van der Waals surface area contributed by atoms with Crippen LogP contribution in [-0.2, 0) is 12.2 Å². The summed E-state index contributed by atoms with van der Waals surface area (Å²) < 4.78 is 11.9. The Labute approximate surface area is 137 Å². The molecule has 2 heterocycles. The predicted molar refractivity (Wildman–Crippen MR) is 84.6 cm³/mol. The smallest absolute Gasteiger partial charge is 0.226 e. The van der Waals surface area contributed by atoms with Gasteiger partial charge in [-0.25, -0.2) is 4.68 Å². The maximum absolute atomic E-state index is 6.06. The number of aryl methyl sites for hydroxylation is 1. The molecule has 0 unspecified atom stereocenters. The molecule has 0 amide bonds. The lowest BCUT2D eigenvalue weighted by molar-refractivity contribution is 0.414. The Morgan fingerprint density at radius 1 is 1.17 bits per heavy atom. The molecule has 2 N–H and O–H groups in total. The van der Waals surface area contributed by atoms with Gasteiger partial charge in [0.25, 0.3) is 0 Å². The highest BCUT2D eigenvalue weighted by Crippen LogP contribution is 2.21. The monoisotopic (exact) mass is 332 g/mol. The van der Waals surface area contributed by atoms with Gasteiger partial charge in [-0.3, -0.25) is 0 Å². The van der Waals surface area contributed by atoms with Gasteiger partial charge in [0.2, 0.25) is 16.9 Å². The van der Waals surface area contributed by atoms with Gasteiger partial charge in [-0.1, -0.05) is 23.9 Å². The van der Waals surface area contributed by atoms with E-state index in [2.05, 4.69) is 20.4 Å². The van der Waals surface area contributed by atoms with E-state index >= 15 is 0 Å². The van der Waals surface area contributed by atoms with Gasteiger partial charge in [0, 0.05) is 13.3 Å². The highest BCUT2D eigenvalue weighted by atomic mass is 32.2. The number of nitrogens with two attached hydrogens (primary N) is 1. The van der Waals surface area contributed by atoms with Crippen LogP contribution in [0.15, 0.2) is 33.8 Å². The fraction of sp³-hybridized carbons (Fsp3) is 0.286. The number of nitrogen functional groups attached to an aromatic ring is 1. The molecule has 0 aliphatic carbocycles. The van der Waals surface area contributed by atoms with Crippen LogP contribution in [0.1, 0.15) is 23.2 Å². The Bertz CT molecular complexity index is 783. The molecular formula is C14H16N6O2S. The normalized spacial score (nSPS) is 10.9. The Hall–Kier alpha value is -2.55. The topological polar surface area (TPSA) is 105 Å². The number of benzene rings is 1. The molecule has 0 atom stereocenters. The van der Waals surface area contributed by atoms with Gasteiger partial charge in [-0.15, -0.1) is 20.4 Å². The van der Waals surface area contributed by atoms with Crippen LogP contribution in [0, 0.1) is 6.92 Å². The summed E-state index contributed by atoms with van der Waals surface area (Å²) in [6.45, 7) is 1.75. The number of methoxy groups -OCH3 is 1. The SMILES string of the molecule is COc1ccc(Cc2nnc(SCc3nnc(C)o3)n2N)cc1. The van der Waals surface area contributed by atoms with Crippen LogP contribution in [0.25, 0.3) is 0 Å². The van der Waals surface area contributed by atoms with Crippen molar-refractivity contribution in [3.8, 4) is 5.75 Å². The molecule has 0 radical (unpaired) electrons. The highest BCUT2D eigenvalue weighted by Gasteiger charge is 2.12. The molecule has 0 bridgehead atoms. The molecule has 3 aromatic rings. The first kappa shape index (κ1) is 15.3. The van der Waals surface area contributed by atoms with Crippen molar-refractivity contribution in [3.63, 3.8) is 0 Å². The van der Waals surface area contributed by atoms with Gasteiger partial charge >= 0.3 is 0 Å². The van der Waals surface area contributed by atoms with E-state index in [1.807, 2.05) is 24.3 Å². The summed E-state index contributed by atoms with van der Waals surface area (Å²) >= 11 is 1.40. The number of thioether (sulfide) groups is 1. The molecule has 0 aliphatic heterocycles. The summed E-state index contributed by atoms with van der Waals surface area (Å²) in [5, 5.41) is 16.6. The second-order valence-electron chi connectivity index (χ2n) is 4.80. The number of rotatable bonds is 6. The van der Waals surface area contributed by atoms with Crippen LogP contribution in [0.3, 0.4) is 0 Å². The van der Waals surface area contributed by atoms with Crippen LogP contribution >= 0.6 is 11.8 Å². The molecule has 8 nitrogen and oxygen atoms in total. The molecule has 0 spiro atoms. The molecule has 0 saturated heterocycles. The molecule has 0 fully saturated rings. The Morgan fingerprint density at radius 2 is 1.96 bits per heavy atom. The van der Waals surface area contributed by atoms with Gasteiger partial charge in [0.15, 0.2) is 5.82 Å². The maximum atomic E-state index is 6.06. The minimum atomic E-state index is 0.499. The van der Waals surface area contributed by atoms with Gasteiger partial charge in [-0.2, -0.15) is 0 Å². The number of hydrogen-bond acceptors (Lipinski definition) is 8. The minimum Gasteiger partial charge on any atom is -0.497 e. The minimum absolute atomic E-state index is 0.499. The van der Waals surface area contributed by atoms with Crippen molar-refractivity contribution in [1.29, 1.82) is 0 Å². The van der Waals surface area contributed by atoms with Crippen molar-refractivity contribution in [1.82, 2.24) is 25.1 Å². The molecule has 0 saturated carbocycles. The fourth-order valence-corrected chi connectivity index (χ4v) is 2.69. The Kier molecular flexibility index (Phi) is 4.47. The van der Waals surface area contributed by atoms with E-state index in [0.717, 1.165) is 11.3 Å². The third-order valence-corrected chi connectivity index (χ3v) is 4.08. The van der Waals surface area contributed by atoms with Crippen molar-refractivity contribution < 1.29 is 9.15 Å². The van der Waals surface area contributed by atoms with Gasteiger partial charge in [0.05, 0.1) is 12.9 Å². The lowest BCUT2D eigenvalue weighted by Gasteiger charge is -2.04. The number of aromatic nitrogens is 5. The Morgan fingerprint density at radius 3 is 2.61 bits per heavy atom. The number of ether oxygens (including phenoxy) is 1. The van der Waals surface area contributed by atoms with E-state index in [1.165, 1.54) is 16.4 Å². The largest absolute Gasteiger partial charge is 0.497 e. The number of nitrogens with zero attached hydrogens (tertiary/aromatic N) is 5. The van der Waals surface area contributed by atoms with E-state index in [1.54, 1.807) is 14.0 Å². The predicted octanol–water partition coefficient (Wildman–Crippen LogP) is 1.58. The van der Waals surface area contributed by atoms with Crippen molar-refractivity contribution in [2.24, 2.45) is 0 Å². The van der Waals surface area contributed by atoms with Gasteiger partial charge in [-0.05, 0) is 17.7 Å². The molecule has 2 aromatic heterocycles. The van der Waals surface area contributed by atoms with Crippen LogP contribution in [0.2, 0.25) is 0 Å². The maximum Gasteiger partial charge on any atom is 0.226 e. The van der Waals surface area contributed by atoms with Crippen LogP contribution in [0.4, 0.5) is 0 Å². The first-order chi connectivity index (χ1) is 11.2.